The van der Waals surface area contributed by atoms with E-state index in [9.17, 15) is 24.9 Å². The second kappa shape index (κ2) is 13.8. The number of aliphatic hydroxyl groups excluding tert-OH is 3. The zero-order valence-electron chi connectivity index (χ0n) is 27.1. The molecule has 2 heterocycles. The van der Waals surface area contributed by atoms with Crippen LogP contribution in [0, 0.1) is 12.3 Å². The summed E-state index contributed by atoms with van der Waals surface area (Å²) in [6.45, 7) is 8.94. The van der Waals surface area contributed by atoms with Gasteiger partial charge in [-0.25, -0.2) is 0 Å². The molecule has 2 aliphatic rings. The fraction of sp³-hybridized carbons (Fsp3) is 0.600. The number of rotatable bonds is 14. The number of benzene rings is 2. The Morgan fingerprint density at radius 1 is 1.05 bits per heavy atom. The maximum atomic E-state index is 12.7. The van der Waals surface area contributed by atoms with Crippen LogP contribution in [0.5, 0.6) is 0 Å². The highest BCUT2D eigenvalue weighted by molar-refractivity contribution is 5.89. The molecule has 9 heteroatoms. The van der Waals surface area contributed by atoms with Crippen LogP contribution in [-0.4, -0.2) is 89.6 Å². The summed E-state index contributed by atoms with van der Waals surface area (Å²) in [5.41, 5.74) is 3.19. The first-order valence-electron chi connectivity index (χ1n) is 15.7. The summed E-state index contributed by atoms with van der Waals surface area (Å²) in [6.07, 6.45) is -0.806. The van der Waals surface area contributed by atoms with Crippen molar-refractivity contribution in [3.63, 3.8) is 0 Å². The topological polar surface area (TPSA) is 129 Å². The number of hydrogen-bond donors (Lipinski definition) is 4. The highest BCUT2D eigenvalue weighted by Crippen LogP contribution is 2.51. The Morgan fingerprint density at radius 2 is 1.73 bits per heavy atom. The van der Waals surface area contributed by atoms with Gasteiger partial charge in [-0.05, 0) is 75.0 Å². The molecule has 0 aliphatic carbocycles. The summed E-state index contributed by atoms with van der Waals surface area (Å²) in [5, 5.41) is 35.1. The van der Waals surface area contributed by atoms with Gasteiger partial charge in [0, 0.05) is 31.5 Å². The van der Waals surface area contributed by atoms with Gasteiger partial charge >= 0.3 is 0 Å². The van der Waals surface area contributed by atoms with Crippen molar-refractivity contribution < 1.29 is 34.4 Å². The maximum absolute atomic E-state index is 12.7. The number of ether oxygens (including phenoxy) is 2. The van der Waals surface area contributed by atoms with Gasteiger partial charge in [-0.3, -0.25) is 9.59 Å². The minimum absolute atomic E-state index is 0.0825. The van der Waals surface area contributed by atoms with Crippen LogP contribution < -0.4 is 5.32 Å². The molecule has 2 aromatic carbocycles. The van der Waals surface area contributed by atoms with Gasteiger partial charge in [0.1, 0.15) is 29.7 Å². The zero-order valence-corrected chi connectivity index (χ0v) is 27.1. The summed E-state index contributed by atoms with van der Waals surface area (Å²) >= 11 is 0. The van der Waals surface area contributed by atoms with E-state index in [0.29, 0.717) is 31.4 Å². The Balaban J connectivity index is 1.33. The van der Waals surface area contributed by atoms with Crippen molar-refractivity contribution in [1.29, 1.82) is 0 Å². The van der Waals surface area contributed by atoms with Crippen molar-refractivity contribution >= 4 is 11.7 Å². The minimum Gasteiger partial charge on any atom is -0.387 e. The molecule has 5 atom stereocenters. The van der Waals surface area contributed by atoms with Gasteiger partial charge in [-0.1, -0.05) is 57.2 Å². The average molecular weight is 611 g/mol. The molecule has 242 valence electrons. The Labute approximate surface area is 261 Å². The molecule has 0 saturated carbocycles. The van der Waals surface area contributed by atoms with Crippen LogP contribution in [0.2, 0.25) is 0 Å². The molecule has 44 heavy (non-hydrogen) atoms. The van der Waals surface area contributed by atoms with Crippen molar-refractivity contribution in [3.8, 4) is 0 Å². The van der Waals surface area contributed by atoms with E-state index in [1.165, 1.54) is 0 Å². The number of carbonyl (C=O) groups is 2. The van der Waals surface area contributed by atoms with Gasteiger partial charge in [0.25, 0.3) is 0 Å². The second-order valence-electron chi connectivity index (χ2n) is 13.5. The number of nitrogens with zero attached hydrogens (tertiary/aromatic N) is 1. The van der Waals surface area contributed by atoms with Crippen LogP contribution >= 0.6 is 0 Å². The molecule has 9 nitrogen and oxygen atoms in total. The molecule has 1 amide bonds. The van der Waals surface area contributed by atoms with Crippen LogP contribution in [-0.2, 0) is 37.7 Å². The Hall–Kier alpha value is -2.66. The third-order valence-electron chi connectivity index (χ3n) is 9.25. The monoisotopic (exact) mass is 610 g/mol. The third-order valence-corrected chi connectivity index (χ3v) is 9.25. The van der Waals surface area contributed by atoms with E-state index in [1.54, 1.807) is 0 Å². The maximum Gasteiger partial charge on any atom is 0.226 e. The minimum atomic E-state index is -1.54. The van der Waals surface area contributed by atoms with Gasteiger partial charge < -0.3 is 35.0 Å². The molecule has 0 radical (unpaired) electrons. The quantitative estimate of drug-likeness (QED) is 0.257. The number of nitrogens with one attached hydrogen (secondary N) is 1. The molecule has 2 aromatic rings. The van der Waals surface area contributed by atoms with E-state index in [-0.39, 0.29) is 24.7 Å². The summed E-state index contributed by atoms with van der Waals surface area (Å²) < 4.78 is 12.3. The van der Waals surface area contributed by atoms with Crippen LogP contribution in [0.25, 0.3) is 0 Å². The number of fused-ring (bicyclic) bond motifs is 2. The Bertz CT molecular complexity index is 1310. The number of ketones is 1. The smallest absolute Gasteiger partial charge is 0.226 e. The largest absolute Gasteiger partial charge is 0.387 e. The first-order valence-corrected chi connectivity index (χ1v) is 15.7. The molecule has 2 saturated heterocycles. The van der Waals surface area contributed by atoms with Crippen LogP contribution in [0.4, 0.5) is 0 Å². The number of aliphatic hydroxyl groups is 3. The van der Waals surface area contributed by atoms with E-state index in [1.807, 2.05) is 64.9 Å². The van der Waals surface area contributed by atoms with Crippen molar-refractivity contribution in [1.82, 2.24) is 10.2 Å². The standard InChI is InChI=1S/C35H50N2O7/c1-7-34-22-43-35(44-34,31(41)29(39)30(34)40)27-16-11-23(2)26(20-27)19-25-14-12-24(13-15-25)9-8-10-28(38)21-33(3,4)32(42)36-17-18-37(5)6/h11-16,20,29-31,39-41H,7-10,17-19,21-22H2,1-6H3,(H,36,42)/t29-,30-,31+,34-,35-/m0/s1. The lowest BCUT2D eigenvalue weighted by Gasteiger charge is -2.46. The van der Waals surface area contributed by atoms with E-state index in [2.05, 4.69) is 29.6 Å². The fourth-order valence-corrected chi connectivity index (χ4v) is 6.19. The number of likely N-dealkylation sites (N-methyl/N-ethyl adjacent to an activating group) is 1. The predicted octanol–water partition coefficient (Wildman–Crippen LogP) is 3.02. The van der Waals surface area contributed by atoms with Crippen molar-refractivity contribution in [2.75, 3.05) is 33.8 Å². The molecule has 2 bridgehead atoms. The molecule has 2 fully saturated rings. The zero-order chi connectivity index (χ0) is 32.3. The normalized spacial score (nSPS) is 26.6. The molecular formula is C35H50N2O7. The van der Waals surface area contributed by atoms with Gasteiger partial charge in [-0.2, -0.15) is 0 Å². The number of Topliss-reactive ketones (excluding diaryl/α,β-unsaturated/α-hetero) is 1. The SMILES string of the molecule is CC[C@@]12CO[C@@](c3ccc(C)c(Cc4ccc(CCCC(=O)CC(C)(C)C(=O)NCCN(C)C)cc4)c3)(O1)[C@H](O)[C@@H](O)[C@@H]2O. The summed E-state index contributed by atoms with van der Waals surface area (Å²) in [5.74, 6) is -1.53. The lowest BCUT2D eigenvalue weighted by Crippen LogP contribution is -2.64. The lowest BCUT2D eigenvalue weighted by atomic mass is 9.82. The molecular weight excluding hydrogens is 560 g/mol. The average Bonchev–Trinajstić information content (AvgIpc) is 3.36. The van der Waals surface area contributed by atoms with Crippen LogP contribution in [0.1, 0.15) is 74.3 Å². The summed E-state index contributed by atoms with van der Waals surface area (Å²) in [7, 11) is 3.91. The molecule has 0 unspecified atom stereocenters. The number of amides is 1. The van der Waals surface area contributed by atoms with E-state index >= 15 is 0 Å². The van der Waals surface area contributed by atoms with E-state index < -0.39 is 35.1 Å². The van der Waals surface area contributed by atoms with Crippen molar-refractivity contribution in [2.24, 2.45) is 5.41 Å². The first kappa shape index (κ1) is 34.2. The number of carbonyl (C=O) groups excluding carboxylic acids is 2. The number of hydrogen-bond acceptors (Lipinski definition) is 8. The lowest BCUT2D eigenvalue weighted by molar-refractivity contribution is -0.325. The Morgan fingerprint density at radius 3 is 2.39 bits per heavy atom. The van der Waals surface area contributed by atoms with Crippen molar-refractivity contribution in [3.05, 3.63) is 70.3 Å². The summed E-state index contributed by atoms with van der Waals surface area (Å²) in [6, 6.07) is 14.1. The highest BCUT2D eigenvalue weighted by atomic mass is 16.8. The molecule has 4 rings (SSSR count). The molecule has 0 spiro atoms. The second-order valence-corrected chi connectivity index (χ2v) is 13.5. The highest BCUT2D eigenvalue weighted by Gasteiger charge is 2.66. The van der Waals surface area contributed by atoms with Gasteiger partial charge in [-0.15, -0.1) is 0 Å². The fourth-order valence-electron chi connectivity index (χ4n) is 6.19. The summed E-state index contributed by atoms with van der Waals surface area (Å²) in [4.78, 5) is 27.2. The van der Waals surface area contributed by atoms with E-state index in [4.69, 9.17) is 9.47 Å². The molecule has 4 N–H and O–H groups in total. The molecule has 0 aromatic heterocycles. The number of aryl methyl sites for hydroxylation is 2. The Kier molecular flexibility index (Phi) is 10.7. The molecule has 2 aliphatic heterocycles. The third kappa shape index (κ3) is 7.25. The van der Waals surface area contributed by atoms with E-state index in [0.717, 1.165) is 41.6 Å². The van der Waals surface area contributed by atoms with Gasteiger partial charge in [0.05, 0.1) is 12.0 Å². The van der Waals surface area contributed by atoms with Gasteiger partial charge in [0.2, 0.25) is 11.7 Å². The van der Waals surface area contributed by atoms with Crippen molar-refractivity contribution in [2.45, 2.75) is 95.9 Å². The predicted molar refractivity (Wildman–Crippen MR) is 168 cm³/mol. The van der Waals surface area contributed by atoms with Crippen LogP contribution in [0.3, 0.4) is 0 Å². The first-order chi connectivity index (χ1) is 20.7. The van der Waals surface area contributed by atoms with Gasteiger partial charge in [0.15, 0.2) is 0 Å². The van der Waals surface area contributed by atoms with Crippen LogP contribution in [0.15, 0.2) is 42.5 Å².